The predicted octanol–water partition coefficient (Wildman–Crippen LogP) is 4.65. The second-order valence-corrected chi connectivity index (χ2v) is 11.1. The Labute approximate surface area is 199 Å². The first-order chi connectivity index (χ1) is 16.0. The van der Waals surface area contributed by atoms with Gasteiger partial charge in [-0.05, 0) is 55.5 Å². The van der Waals surface area contributed by atoms with E-state index in [1.54, 1.807) is 6.07 Å². The van der Waals surface area contributed by atoms with Crippen LogP contribution in [0.25, 0.3) is 10.2 Å². The van der Waals surface area contributed by atoms with Gasteiger partial charge in [-0.1, -0.05) is 41.6 Å². The summed E-state index contributed by atoms with van der Waals surface area (Å²) < 4.78 is 1.67. The van der Waals surface area contributed by atoms with Gasteiger partial charge in [0.25, 0.3) is 0 Å². The maximum atomic E-state index is 13.1. The minimum Gasteiger partial charge on any atom is -0.325 e. The quantitative estimate of drug-likeness (QED) is 0.330. The zero-order valence-electron chi connectivity index (χ0n) is 17.9. The molecule has 2 heterocycles. The van der Waals surface area contributed by atoms with Crippen molar-refractivity contribution in [2.45, 2.75) is 17.7 Å². The minimum absolute atomic E-state index is 0.0758. The molecule has 6 rings (SSSR count). The second-order valence-electron chi connectivity index (χ2n) is 8.85. The largest absolute Gasteiger partial charge is 0.325 e. The summed E-state index contributed by atoms with van der Waals surface area (Å²) in [4.78, 5) is 44.4. The Hall–Kier alpha value is -2.97. The predicted molar refractivity (Wildman–Crippen MR) is 130 cm³/mol. The molecule has 1 aromatic heterocycles. The van der Waals surface area contributed by atoms with Gasteiger partial charge in [-0.15, -0.1) is 11.3 Å². The number of hydrogen-bond acceptors (Lipinski definition) is 6. The van der Waals surface area contributed by atoms with Crippen LogP contribution in [0, 0.1) is 30.6 Å². The third kappa shape index (κ3) is 3.48. The van der Waals surface area contributed by atoms with Gasteiger partial charge in [0, 0.05) is 5.69 Å². The minimum atomic E-state index is -0.206. The standard InChI is InChI=1S/C25H21N3O3S2/c1-13-2-6-16(7-3-13)26-20(29)12-32-25-27-18-9-8-17(11-19(18)33-25)28-23(30)21-14-4-5-15(10-14)22(21)24(28)31/h2-9,11,14-15,21-22H,10,12H2,1H3,(H,26,29)/t14-,15-,21-,22-/m0/s1. The van der Waals surface area contributed by atoms with Crippen LogP contribution in [0.3, 0.4) is 0 Å². The van der Waals surface area contributed by atoms with Crippen molar-refractivity contribution in [1.29, 1.82) is 0 Å². The van der Waals surface area contributed by atoms with Gasteiger partial charge < -0.3 is 5.32 Å². The Kier molecular flexibility index (Phi) is 4.88. The summed E-state index contributed by atoms with van der Waals surface area (Å²) in [6.07, 6.45) is 5.13. The number of fused-ring (bicyclic) bond motifs is 6. The molecule has 2 bridgehead atoms. The molecule has 2 aliphatic carbocycles. The van der Waals surface area contributed by atoms with Crippen molar-refractivity contribution in [1.82, 2.24) is 4.98 Å². The van der Waals surface area contributed by atoms with Crippen LogP contribution in [0.4, 0.5) is 11.4 Å². The number of hydrogen-bond donors (Lipinski definition) is 1. The smallest absolute Gasteiger partial charge is 0.238 e. The first-order valence-electron chi connectivity index (χ1n) is 10.9. The number of benzene rings is 2. The summed E-state index contributed by atoms with van der Waals surface area (Å²) in [5.74, 6) is -0.00747. The number of imide groups is 1. The summed E-state index contributed by atoms with van der Waals surface area (Å²) in [5, 5.41) is 2.89. The summed E-state index contributed by atoms with van der Waals surface area (Å²) in [7, 11) is 0. The molecule has 6 nitrogen and oxygen atoms in total. The maximum absolute atomic E-state index is 13.1. The average molecular weight is 476 g/mol. The number of carbonyl (C=O) groups is 3. The van der Waals surface area contributed by atoms with Crippen molar-refractivity contribution in [3.63, 3.8) is 0 Å². The van der Waals surface area contributed by atoms with Gasteiger partial charge in [-0.2, -0.15) is 0 Å². The summed E-state index contributed by atoms with van der Waals surface area (Å²) in [6.45, 7) is 2.00. The number of nitrogens with zero attached hydrogens (tertiary/aromatic N) is 2. The first-order valence-corrected chi connectivity index (χ1v) is 12.7. The van der Waals surface area contributed by atoms with E-state index in [4.69, 9.17) is 0 Å². The Bertz CT molecular complexity index is 1300. The molecule has 166 valence electrons. The van der Waals surface area contributed by atoms with Crippen LogP contribution in [-0.4, -0.2) is 28.5 Å². The van der Waals surface area contributed by atoms with Gasteiger partial charge in [-0.25, -0.2) is 9.88 Å². The highest BCUT2D eigenvalue weighted by molar-refractivity contribution is 8.01. The molecule has 3 amide bonds. The molecule has 0 unspecified atom stereocenters. The van der Waals surface area contributed by atoms with Crippen molar-refractivity contribution in [3.8, 4) is 0 Å². The van der Waals surface area contributed by atoms with Crippen molar-refractivity contribution in [3.05, 3.63) is 60.2 Å². The number of thiazole rings is 1. The van der Waals surface area contributed by atoms with E-state index < -0.39 is 0 Å². The molecule has 2 fully saturated rings. The number of amides is 3. The SMILES string of the molecule is Cc1ccc(NC(=O)CSc2nc3ccc(N4C(=O)[C@@H]5[C@@H](C4=O)[C@H]4C=C[C@H]5C4)cc3s2)cc1. The molecular formula is C25H21N3O3S2. The second kappa shape index (κ2) is 7.81. The summed E-state index contributed by atoms with van der Waals surface area (Å²) >= 11 is 2.85. The molecule has 4 atom stereocenters. The lowest BCUT2D eigenvalue weighted by Gasteiger charge is -2.17. The van der Waals surface area contributed by atoms with Crippen LogP contribution in [0.2, 0.25) is 0 Å². The van der Waals surface area contributed by atoms with Crippen LogP contribution in [0.15, 0.2) is 59.0 Å². The van der Waals surface area contributed by atoms with E-state index in [0.29, 0.717) is 5.69 Å². The molecule has 1 saturated heterocycles. The molecule has 33 heavy (non-hydrogen) atoms. The summed E-state index contributed by atoms with van der Waals surface area (Å²) in [5.41, 5.74) is 3.32. The van der Waals surface area contributed by atoms with Gasteiger partial charge >= 0.3 is 0 Å². The normalized spacial score (nSPS) is 25.3. The number of allylic oxidation sites excluding steroid dienone is 2. The molecule has 1 N–H and O–H groups in total. The Morgan fingerprint density at radius 1 is 1.09 bits per heavy atom. The van der Waals surface area contributed by atoms with Gasteiger partial charge in [0.2, 0.25) is 17.7 Å². The lowest BCUT2D eigenvalue weighted by molar-refractivity contribution is -0.123. The van der Waals surface area contributed by atoms with E-state index in [-0.39, 0.29) is 47.1 Å². The highest BCUT2D eigenvalue weighted by Crippen LogP contribution is 2.53. The van der Waals surface area contributed by atoms with Crippen LogP contribution in [0.5, 0.6) is 0 Å². The summed E-state index contributed by atoms with van der Waals surface area (Å²) in [6, 6.07) is 13.2. The molecule has 2 aromatic carbocycles. The number of aromatic nitrogens is 1. The van der Waals surface area contributed by atoms with Crippen molar-refractivity contribution in [2.75, 3.05) is 16.0 Å². The number of thioether (sulfide) groups is 1. The highest BCUT2D eigenvalue weighted by Gasteiger charge is 2.59. The van der Waals surface area contributed by atoms with Crippen molar-refractivity contribution < 1.29 is 14.4 Å². The number of anilines is 2. The monoisotopic (exact) mass is 475 g/mol. The lowest BCUT2D eigenvalue weighted by atomic mass is 9.85. The Morgan fingerprint density at radius 3 is 2.48 bits per heavy atom. The molecular weight excluding hydrogens is 454 g/mol. The van der Waals surface area contributed by atoms with Crippen LogP contribution >= 0.6 is 23.1 Å². The highest BCUT2D eigenvalue weighted by atomic mass is 32.2. The fourth-order valence-corrected chi connectivity index (χ4v) is 7.11. The Morgan fingerprint density at radius 2 is 1.79 bits per heavy atom. The molecule has 3 aromatic rings. The fourth-order valence-electron chi connectivity index (χ4n) is 5.21. The average Bonchev–Trinajstić information content (AvgIpc) is 3.56. The van der Waals surface area contributed by atoms with E-state index in [9.17, 15) is 14.4 Å². The zero-order valence-corrected chi connectivity index (χ0v) is 19.5. The molecule has 1 saturated carbocycles. The van der Waals surface area contributed by atoms with Crippen LogP contribution in [0.1, 0.15) is 12.0 Å². The maximum Gasteiger partial charge on any atom is 0.238 e. The van der Waals surface area contributed by atoms with Crippen LogP contribution < -0.4 is 10.2 Å². The van der Waals surface area contributed by atoms with Gasteiger partial charge in [0.15, 0.2) is 4.34 Å². The third-order valence-electron chi connectivity index (χ3n) is 6.74. The number of aryl methyl sites for hydroxylation is 1. The molecule has 0 spiro atoms. The van der Waals surface area contributed by atoms with E-state index in [1.165, 1.54) is 28.0 Å². The van der Waals surface area contributed by atoms with Gasteiger partial charge in [-0.3, -0.25) is 14.4 Å². The van der Waals surface area contributed by atoms with E-state index in [1.807, 2.05) is 43.3 Å². The van der Waals surface area contributed by atoms with Crippen molar-refractivity contribution in [2.24, 2.45) is 23.7 Å². The zero-order chi connectivity index (χ0) is 22.7. The third-order valence-corrected chi connectivity index (χ3v) is 8.90. The van der Waals surface area contributed by atoms with E-state index >= 15 is 0 Å². The molecule has 8 heteroatoms. The number of carbonyl (C=O) groups excluding carboxylic acids is 3. The molecule has 3 aliphatic rings. The lowest BCUT2D eigenvalue weighted by Crippen LogP contribution is -2.32. The number of nitrogens with one attached hydrogen (secondary N) is 1. The first kappa shape index (κ1) is 20.6. The molecule has 0 radical (unpaired) electrons. The van der Waals surface area contributed by atoms with Crippen molar-refractivity contribution >= 4 is 62.4 Å². The van der Waals surface area contributed by atoms with E-state index in [0.717, 1.165) is 32.2 Å². The molecule has 1 aliphatic heterocycles. The van der Waals surface area contributed by atoms with Crippen LogP contribution in [-0.2, 0) is 14.4 Å². The Balaban J connectivity index is 1.16. The topological polar surface area (TPSA) is 79.4 Å². The van der Waals surface area contributed by atoms with Gasteiger partial charge in [0.05, 0.1) is 33.5 Å². The van der Waals surface area contributed by atoms with E-state index in [2.05, 4.69) is 22.5 Å². The number of rotatable bonds is 5. The fraction of sp³-hybridized carbons (Fsp3) is 0.280. The van der Waals surface area contributed by atoms with Gasteiger partial charge in [0.1, 0.15) is 0 Å².